The molecular formula is C31H33N3O4S. The second kappa shape index (κ2) is 10.7. The molecule has 0 aromatic heterocycles. The van der Waals surface area contributed by atoms with E-state index in [9.17, 15) is 23.8 Å². The first-order chi connectivity index (χ1) is 18.4. The van der Waals surface area contributed by atoms with Crippen molar-refractivity contribution in [2.45, 2.75) is 70.2 Å². The lowest BCUT2D eigenvalue weighted by molar-refractivity contribution is -0.428. The maximum atomic E-state index is 15.0. The highest BCUT2D eigenvalue weighted by molar-refractivity contribution is 7.93. The van der Waals surface area contributed by atoms with Crippen LogP contribution in [-0.4, -0.2) is 13.3 Å². The van der Waals surface area contributed by atoms with E-state index in [1.807, 2.05) is 45.9 Å². The zero-order chi connectivity index (χ0) is 28.6. The Labute approximate surface area is 230 Å². The van der Waals surface area contributed by atoms with Gasteiger partial charge in [-0.1, -0.05) is 84.0 Å². The van der Waals surface area contributed by atoms with Crippen LogP contribution in [0.1, 0.15) is 98.7 Å². The van der Waals surface area contributed by atoms with E-state index in [0.29, 0.717) is 33.5 Å². The standard InChI is InChI=1S/C31H33N3O4S/c1-19(2)25-15-26(20(3)4)31(27(16-25)21(5)6)39(37,38)33-28-10-8-7-9-24(28)17-29(34(35)36)30(33)23-13-11-22(18-32)12-14-23/h7-17,19-21,30H,1-6H3/t30-/m0/s1. The molecule has 0 aliphatic carbocycles. The topological polar surface area (TPSA) is 104 Å². The number of nitriles is 1. The number of nitro groups is 1. The summed E-state index contributed by atoms with van der Waals surface area (Å²) >= 11 is 0. The van der Waals surface area contributed by atoms with E-state index in [-0.39, 0.29) is 28.3 Å². The van der Waals surface area contributed by atoms with Crippen molar-refractivity contribution in [2.24, 2.45) is 0 Å². The fourth-order valence-corrected chi connectivity index (χ4v) is 7.37. The molecule has 202 valence electrons. The molecule has 0 bridgehead atoms. The van der Waals surface area contributed by atoms with Gasteiger partial charge in [-0.2, -0.15) is 5.26 Å². The van der Waals surface area contributed by atoms with E-state index in [4.69, 9.17) is 0 Å². The fraction of sp³-hybridized carbons (Fsp3) is 0.323. The minimum absolute atomic E-state index is 0.107. The molecule has 1 heterocycles. The van der Waals surface area contributed by atoms with E-state index >= 15 is 0 Å². The molecule has 8 heteroatoms. The normalized spacial score (nSPS) is 15.3. The van der Waals surface area contributed by atoms with Crippen LogP contribution in [0, 0.1) is 21.4 Å². The highest BCUT2D eigenvalue weighted by atomic mass is 32.2. The van der Waals surface area contributed by atoms with Crippen molar-refractivity contribution < 1.29 is 13.3 Å². The highest BCUT2D eigenvalue weighted by Crippen LogP contribution is 2.47. The molecule has 0 saturated heterocycles. The number of nitrogens with zero attached hydrogens (tertiary/aromatic N) is 3. The van der Waals surface area contributed by atoms with Gasteiger partial charge in [0.05, 0.1) is 27.1 Å². The first-order valence-electron chi connectivity index (χ1n) is 13.1. The van der Waals surface area contributed by atoms with Crippen LogP contribution in [0.15, 0.2) is 71.3 Å². The van der Waals surface area contributed by atoms with Gasteiger partial charge < -0.3 is 0 Å². The van der Waals surface area contributed by atoms with Gasteiger partial charge in [0.2, 0.25) is 0 Å². The Kier molecular flexibility index (Phi) is 7.67. The molecule has 3 aromatic rings. The fourth-order valence-electron chi connectivity index (χ4n) is 5.06. The molecule has 7 nitrogen and oxygen atoms in total. The number of para-hydroxylation sites is 1. The number of fused-ring (bicyclic) bond motifs is 1. The van der Waals surface area contributed by atoms with E-state index in [2.05, 4.69) is 13.8 Å². The lowest BCUT2D eigenvalue weighted by atomic mass is 9.89. The average Bonchev–Trinajstić information content (AvgIpc) is 2.90. The number of sulfonamides is 1. The number of hydrogen-bond acceptors (Lipinski definition) is 5. The third-order valence-corrected chi connectivity index (χ3v) is 9.07. The Bertz CT molecular complexity index is 1570. The van der Waals surface area contributed by atoms with Gasteiger partial charge in [0, 0.05) is 11.6 Å². The van der Waals surface area contributed by atoms with Crippen LogP contribution >= 0.6 is 0 Å². The minimum Gasteiger partial charge on any atom is -0.259 e. The molecule has 4 rings (SSSR count). The van der Waals surface area contributed by atoms with Crippen molar-refractivity contribution in [3.05, 3.63) is 110 Å². The number of anilines is 1. The summed E-state index contributed by atoms with van der Waals surface area (Å²) in [6.07, 6.45) is 1.44. The first-order valence-corrected chi connectivity index (χ1v) is 14.5. The van der Waals surface area contributed by atoms with Crippen LogP contribution in [0.5, 0.6) is 0 Å². The lowest BCUT2D eigenvalue weighted by Gasteiger charge is -2.36. The maximum absolute atomic E-state index is 15.0. The Morgan fingerprint density at radius 2 is 1.46 bits per heavy atom. The largest absolute Gasteiger partial charge is 0.274 e. The molecule has 1 aliphatic rings. The van der Waals surface area contributed by atoms with Crippen molar-refractivity contribution >= 4 is 21.8 Å². The van der Waals surface area contributed by atoms with E-state index in [1.54, 1.807) is 48.5 Å². The summed E-state index contributed by atoms with van der Waals surface area (Å²) in [6.45, 7) is 12.0. The van der Waals surface area contributed by atoms with Crippen LogP contribution < -0.4 is 4.31 Å². The zero-order valence-electron chi connectivity index (χ0n) is 23.0. The molecule has 39 heavy (non-hydrogen) atoms. The van der Waals surface area contributed by atoms with Gasteiger partial charge >= 0.3 is 0 Å². The van der Waals surface area contributed by atoms with Gasteiger partial charge in [0.25, 0.3) is 15.7 Å². The SMILES string of the molecule is CC(C)c1cc(C(C)C)c(S(=O)(=O)N2c3ccccc3C=C([N+](=O)[O-])[C@@H]2c2ccc(C#N)cc2)c(C(C)C)c1. The molecule has 0 N–H and O–H groups in total. The number of hydrogen-bond donors (Lipinski definition) is 0. The van der Waals surface area contributed by atoms with Crippen LogP contribution in [0.4, 0.5) is 5.69 Å². The summed E-state index contributed by atoms with van der Waals surface area (Å²) < 4.78 is 31.2. The summed E-state index contributed by atoms with van der Waals surface area (Å²) in [5, 5.41) is 21.7. The molecule has 0 saturated carbocycles. The van der Waals surface area contributed by atoms with Gasteiger partial charge in [0.15, 0.2) is 6.04 Å². The van der Waals surface area contributed by atoms with Crippen LogP contribution in [0.25, 0.3) is 6.08 Å². The smallest absolute Gasteiger partial charge is 0.259 e. The summed E-state index contributed by atoms with van der Waals surface area (Å²) in [5.41, 5.74) is 3.79. The van der Waals surface area contributed by atoms with E-state index < -0.39 is 21.0 Å². The van der Waals surface area contributed by atoms with Crippen molar-refractivity contribution in [1.82, 2.24) is 0 Å². The predicted molar refractivity (Wildman–Crippen MR) is 154 cm³/mol. The monoisotopic (exact) mass is 543 g/mol. The molecule has 1 atom stereocenters. The summed E-state index contributed by atoms with van der Waals surface area (Å²) in [5.74, 6) is -0.0160. The lowest BCUT2D eigenvalue weighted by Crippen LogP contribution is -2.40. The summed E-state index contributed by atoms with van der Waals surface area (Å²) in [6, 6.07) is 17.9. The van der Waals surface area contributed by atoms with Gasteiger partial charge in [0.1, 0.15) is 0 Å². The van der Waals surface area contributed by atoms with Crippen LogP contribution in [0.2, 0.25) is 0 Å². The molecule has 0 radical (unpaired) electrons. The van der Waals surface area contributed by atoms with Crippen LogP contribution in [0.3, 0.4) is 0 Å². The molecular weight excluding hydrogens is 510 g/mol. The first kappa shape index (κ1) is 28.1. The van der Waals surface area contributed by atoms with Crippen LogP contribution in [-0.2, 0) is 10.0 Å². The molecule has 3 aromatic carbocycles. The molecule has 0 amide bonds. The van der Waals surface area contributed by atoms with Crippen molar-refractivity contribution in [3.8, 4) is 6.07 Å². The zero-order valence-corrected chi connectivity index (χ0v) is 23.9. The Balaban J connectivity index is 2.10. The molecule has 0 spiro atoms. The molecule has 0 unspecified atom stereocenters. The Morgan fingerprint density at radius 1 is 0.897 bits per heavy atom. The Morgan fingerprint density at radius 3 is 1.95 bits per heavy atom. The number of benzene rings is 3. The van der Waals surface area contributed by atoms with Crippen molar-refractivity contribution in [1.29, 1.82) is 5.26 Å². The van der Waals surface area contributed by atoms with E-state index in [1.165, 1.54) is 10.4 Å². The second-order valence-corrected chi connectivity index (χ2v) is 12.6. The second-order valence-electron chi connectivity index (χ2n) is 10.8. The molecule has 0 fully saturated rings. The quantitative estimate of drug-likeness (QED) is 0.227. The van der Waals surface area contributed by atoms with Gasteiger partial charge in [-0.05, 0) is 58.2 Å². The van der Waals surface area contributed by atoms with Gasteiger partial charge in [-0.3, -0.25) is 10.1 Å². The third-order valence-electron chi connectivity index (χ3n) is 7.15. The average molecular weight is 544 g/mol. The minimum atomic E-state index is -4.33. The predicted octanol–water partition coefficient (Wildman–Crippen LogP) is 7.50. The highest BCUT2D eigenvalue weighted by Gasteiger charge is 2.45. The Hall–Kier alpha value is -3.96. The number of rotatable bonds is 7. The summed E-state index contributed by atoms with van der Waals surface area (Å²) in [4.78, 5) is 12.1. The maximum Gasteiger partial charge on any atom is 0.274 e. The third kappa shape index (κ3) is 5.07. The summed E-state index contributed by atoms with van der Waals surface area (Å²) in [7, 11) is -4.33. The van der Waals surface area contributed by atoms with Gasteiger partial charge in [-0.25, -0.2) is 12.7 Å². The van der Waals surface area contributed by atoms with E-state index in [0.717, 1.165) is 5.56 Å². The molecule has 1 aliphatic heterocycles. The van der Waals surface area contributed by atoms with Gasteiger partial charge in [-0.15, -0.1) is 0 Å². The van der Waals surface area contributed by atoms with Crippen molar-refractivity contribution in [3.63, 3.8) is 0 Å². The van der Waals surface area contributed by atoms with Crippen molar-refractivity contribution in [2.75, 3.05) is 4.31 Å².